The summed E-state index contributed by atoms with van der Waals surface area (Å²) >= 11 is 1.05. The van der Waals surface area contributed by atoms with Gasteiger partial charge in [0.2, 0.25) is 0 Å². The van der Waals surface area contributed by atoms with Crippen LogP contribution in [0, 0.1) is 0 Å². The SMILES string of the molecule is O=C(Nc1ccc(C(=O)O)s1)NC1CCC1. The molecule has 1 aliphatic carbocycles. The Morgan fingerprint density at radius 3 is 2.62 bits per heavy atom. The Balaban J connectivity index is 1.87. The molecule has 1 aromatic rings. The number of aromatic carboxylic acids is 1. The zero-order valence-electron chi connectivity index (χ0n) is 8.53. The molecular weight excluding hydrogens is 228 g/mol. The minimum Gasteiger partial charge on any atom is -0.477 e. The van der Waals surface area contributed by atoms with Crippen LogP contribution in [0.1, 0.15) is 28.9 Å². The lowest BCUT2D eigenvalue weighted by Gasteiger charge is -2.26. The molecule has 1 aromatic heterocycles. The second-order valence-electron chi connectivity index (χ2n) is 3.70. The summed E-state index contributed by atoms with van der Waals surface area (Å²) in [4.78, 5) is 22.3. The van der Waals surface area contributed by atoms with Crippen LogP contribution in [0.5, 0.6) is 0 Å². The number of hydrogen-bond acceptors (Lipinski definition) is 3. The Morgan fingerprint density at radius 2 is 2.12 bits per heavy atom. The summed E-state index contributed by atoms with van der Waals surface area (Å²) in [5.41, 5.74) is 0. The number of carboxylic acid groups (broad SMARTS) is 1. The van der Waals surface area contributed by atoms with Crippen molar-refractivity contribution in [1.82, 2.24) is 5.32 Å². The maximum absolute atomic E-state index is 11.4. The van der Waals surface area contributed by atoms with Gasteiger partial charge in [0.15, 0.2) is 0 Å². The van der Waals surface area contributed by atoms with Gasteiger partial charge in [-0.3, -0.25) is 5.32 Å². The topological polar surface area (TPSA) is 78.4 Å². The van der Waals surface area contributed by atoms with Crippen molar-refractivity contribution in [3.8, 4) is 0 Å². The summed E-state index contributed by atoms with van der Waals surface area (Å²) in [7, 11) is 0. The van der Waals surface area contributed by atoms with Crippen LogP contribution in [-0.2, 0) is 0 Å². The van der Waals surface area contributed by atoms with Crippen molar-refractivity contribution in [3.05, 3.63) is 17.0 Å². The molecule has 6 heteroatoms. The Kier molecular flexibility index (Phi) is 3.09. The largest absolute Gasteiger partial charge is 0.477 e. The van der Waals surface area contributed by atoms with Gasteiger partial charge in [-0.05, 0) is 31.4 Å². The third kappa shape index (κ3) is 2.52. The maximum atomic E-state index is 11.4. The van der Waals surface area contributed by atoms with Crippen LogP contribution in [0.4, 0.5) is 9.80 Å². The minimum absolute atomic E-state index is 0.221. The number of nitrogens with one attached hydrogen (secondary N) is 2. The lowest BCUT2D eigenvalue weighted by atomic mass is 9.93. The second kappa shape index (κ2) is 4.52. The fourth-order valence-corrected chi connectivity index (χ4v) is 2.15. The molecule has 0 unspecified atom stereocenters. The Morgan fingerprint density at radius 1 is 1.38 bits per heavy atom. The lowest BCUT2D eigenvalue weighted by Crippen LogP contribution is -2.41. The second-order valence-corrected chi connectivity index (χ2v) is 4.78. The van der Waals surface area contributed by atoms with Gasteiger partial charge in [-0.2, -0.15) is 0 Å². The molecule has 1 saturated carbocycles. The third-order valence-corrected chi connectivity index (χ3v) is 3.48. The number of rotatable bonds is 3. The molecule has 0 aliphatic heterocycles. The minimum atomic E-state index is -0.975. The van der Waals surface area contributed by atoms with Crippen molar-refractivity contribution in [2.24, 2.45) is 0 Å². The van der Waals surface area contributed by atoms with E-state index in [1.807, 2.05) is 0 Å². The molecule has 1 heterocycles. The van der Waals surface area contributed by atoms with Crippen LogP contribution in [-0.4, -0.2) is 23.1 Å². The highest BCUT2D eigenvalue weighted by Crippen LogP contribution is 2.22. The summed E-state index contributed by atoms with van der Waals surface area (Å²) < 4.78 is 0. The average Bonchev–Trinajstić information content (AvgIpc) is 2.60. The van der Waals surface area contributed by atoms with Crippen LogP contribution < -0.4 is 10.6 Å². The molecule has 1 aliphatic rings. The van der Waals surface area contributed by atoms with E-state index >= 15 is 0 Å². The first-order chi connectivity index (χ1) is 7.65. The molecule has 0 spiro atoms. The summed E-state index contributed by atoms with van der Waals surface area (Å²) in [5.74, 6) is -0.975. The molecule has 1 fully saturated rings. The quantitative estimate of drug-likeness (QED) is 0.757. The average molecular weight is 240 g/mol. The van der Waals surface area contributed by atoms with Gasteiger partial charge < -0.3 is 10.4 Å². The monoisotopic (exact) mass is 240 g/mol. The highest BCUT2D eigenvalue weighted by Gasteiger charge is 2.19. The number of anilines is 1. The van der Waals surface area contributed by atoms with E-state index in [2.05, 4.69) is 10.6 Å². The van der Waals surface area contributed by atoms with Gasteiger partial charge >= 0.3 is 12.0 Å². The standard InChI is InChI=1S/C10H12N2O3S/c13-9(14)7-4-5-8(16-7)12-10(15)11-6-2-1-3-6/h4-6H,1-3H2,(H,13,14)(H2,11,12,15). The lowest BCUT2D eigenvalue weighted by molar-refractivity contribution is 0.0702. The molecule has 0 saturated heterocycles. The normalized spacial score (nSPS) is 15.2. The van der Waals surface area contributed by atoms with Crippen molar-refractivity contribution >= 4 is 28.3 Å². The molecule has 5 nitrogen and oxygen atoms in total. The van der Waals surface area contributed by atoms with Crippen LogP contribution in [0.2, 0.25) is 0 Å². The molecule has 0 aromatic carbocycles. The summed E-state index contributed by atoms with van der Waals surface area (Å²) in [5, 5.41) is 14.7. The fraction of sp³-hybridized carbons (Fsp3) is 0.400. The first-order valence-electron chi connectivity index (χ1n) is 5.06. The van der Waals surface area contributed by atoms with Crippen LogP contribution >= 0.6 is 11.3 Å². The zero-order chi connectivity index (χ0) is 11.5. The van der Waals surface area contributed by atoms with E-state index in [-0.39, 0.29) is 17.0 Å². The van der Waals surface area contributed by atoms with Crippen LogP contribution in [0.15, 0.2) is 12.1 Å². The van der Waals surface area contributed by atoms with Crippen LogP contribution in [0.3, 0.4) is 0 Å². The number of thiophene rings is 1. The molecule has 86 valence electrons. The molecule has 2 rings (SSSR count). The number of carbonyl (C=O) groups excluding carboxylic acids is 1. The number of carbonyl (C=O) groups is 2. The van der Waals surface area contributed by atoms with Crippen molar-refractivity contribution < 1.29 is 14.7 Å². The van der Waals surface area contributed by atoms with E-state index in [4.69, 9.17) is 5.11 Å². The summed E-state index contributed by atoms with van der Waals surface area (Å²) in [6, 6.07) is 3.09. The van der Waals surface area contributed by atoms with Gasteiger partial charge in [0.05, 0.1) is 5.00 Å². The van der Waals surface area contributed by atoms with E-state index in [1.54, 1.807) is 6.07 Å². The van der Waals surface area contributed by atoms with E-state index in [0.29, 0.717) is 5.00 Å². The van der Waals surface area contributed by atoms with Gasteiger partial charge in [-0.25, -0.2) is 9.59 Å². The molecule has 16 heavy (non-hydrogen) atoms. The zero-order valence-corrected chi connectivity index (χ0v) is 9.34. The van der Waals surface area contributed by atoms with Gasteiger partial charge in [0.1, 0.15) is 4.88 Å². The van der Waals surface area contributed by atoms with Gasteiger partial charge in [0, 0.05) is 6.04 Å². The van der Waals surface area contributed by atoms with E-state index in [9.17, 15) is 9.59 Å². The summed E-state index contributed by atoms with van der Waals surface area (Å²) in [6.07, 6.45) is 3.21. The maximum Gasteiger partial charge on any atom is 0.345 e. The van der Waals surface area contributed by atoms with Crippen molar-refractivity contribution in [2.45, 2.75) is 25.3 Å². The van der Waals surface area contributed by atoms with Crippen molar-refractivity contribution in [1.29, 1.82) is 0 Å². The molecule has 0 radical (unpaired) electrons. The first-order valence-corrected chi connectivity index (χ1v) is 5.87. The number of urea groups is 1. The Labute approximate surface area is 96.5 Å². The predicted molar refractivity (Wildman–Crippen MR) is 61.1 cm³/mol. The van der Waals surface area contributed by atoms with E-state index in [0.717, 1.165) is 30.6 Å². The molecule has 0 bridgehead atoms. The summed E-state index contributed by atoms with van der Waals surface area (Å²) in [6.45, 7) is 0. The molecular formula is C10H12N2O3S. The van der Waals surface area contributed by atoms with Crippen LogP contribution in [0.25, 0.3) is 0 Å². The van der Waals surface area contributed by atoms with Gasteiger partial charge in [-0.1, -0.05) is 0 Å². The predicted octanol–water partition coefficient (Wildman–Crippen LogP) is 2.12. The third-order valence-electron chi connectivity index (χ3n) is 2.49. The molecule has 3 N–H and O–H groups in total. The van der Waals surface area contributed by atoms with Gasteiger partial charge in [0.25, 0.3) is 0 Å². The van der Waals surface area contributed by atoms with E-state index in [1.165, 1.54) is 6.07 Å². The number of hydrogen-bond donors (Lipinski definition) is 3. The number of amides is 2. The fourth-order valence-electron chi connectivity index (χ4n) is 1.41. The molecule has 0 atom stereocenters. The first kappa shape index (κ1) is 10.9. The number of carboxylic acids is 1. The highest BCUT2D eigenvalue weighted by molar-refractivity contribution is 7.18. The Hall–Kier alpha value is -1.56. The Bertz CT molecular complexity index is 412. The van der Waals surface area contributed by atoms with Gasteiger partial charge in [-0.15, -0.1) is 11.3 Å². The van der Waals surface area contributed by atoms with E-state index < -0.39 is 5.97 Å². The smallest absolute Gasteiger partial charge is 0.345 e. The van der Waals surface area contributed by atoms with Crippen molar-refractivity contribution in [3.63, 3.8) is 0 Å². The molecule has 2 amide bonds. The highest BCUT2D eigenvalue weighted by atomic mass is 32.1. The van der Waals surface area contributed by atoms with Crippen molar-refractivity contribution in [2.75, 3.05) is 5.32 Å².